The lowest BCUT2D eigenvalue weighted by atomic mass is 10.2. The molecule has 0 aliphatic heterocycles. The second-order valence-corrected chi connectivity index (χ2v) is 7.22. The highest BCUT2D eigenvalue weighted by molar-refractivity contribution is 5.93. The molecule has 0 radical (unpaired) electrons. The number of halogens is 1. The van der Waals surface area contributed by atoms with Crippen molar-refractivity contribution in [2.24, 2.45) is 0 Å². The molecule has 0 bridgehead atoms. The Hall–Kier alpha value is -4.21. The van der Waals surface area contributed by atoms with Crippen LogP contribution in [0.15, 0.2) is 59.8 Å². The van der Waals surface area contributed by atoms with E-state index in [2.05, 4.69) is 30.5 Å². The molecule has 4 aromatic heterocycles. The van der Waals surface area contributed by atoms with Crippen LogP contribution in [0.1, 0.15) is 19.9 Å². The summed E-state index contributed by atoms with van der Waals surface area (Å²) in [5.74, 6) is 0.0552. The van der Waals surface area contributed by atoms with Crippen LogP contribution in [0, 0.1) is 5.82 Å². The van der Waals surface area contributed by atoms with Crippen molar-refractivity contribution < 1.29 is 4.39 Å². The largest absolute Gasteiger partial charge is 0.319 e. The summed E-state index contributed by atoms with van der Waals surface area (Å²) in [4.78, 5) is 25.1. The predicted octanol–water partition coefficient (Wildman–Crippen LogP) is 3.36. The molecule has 0 aliphatic carbocycles. The number of rotatable bonds is 4. The molecule has 9 nitrogen and oxygen atoms in total. The van der Waals surface area contributed by atoms with E-state index in [1.165, 1.54) is 16.8 Å². The van der Waals surface area contributed by atoms with Gasteiger partial charge in [0.15, 0.2) is 11.5 Å². The lowest BCUT2D eigenvalue weighted by molar-refractivity contribution is 0.532. The van der Waals surface area contributed by atoms with Gasteiger partial charge in [-0.05, 0) is 38.1 Å². The van der Waals surface area contributed by atoms with Crippen LogP contribution >= 0.6 is 0 Å². The van der Waals surface area contributed by atoms with E-state index in [0.717, 1.165) is 0 Å². The summed E-state index contributed by atoms with van der Waals surface area (Å²) in [6.45, 7) is 4.04. The zero-order valence-electron chi connectivity index (χ0n) is 16.7. The third-order valence-corrected chi connectivity index (χ3v) is 4.77. The average Bonchev–Trinajstić information content (AvgIpc) is 3.36. The first-order chi connectivity index (χ1) is 15.0. The number of aromatic nitrogens is 7. The number of fused-ring (bicyclic) bond motifs is 3. The molecular weight excluding hydrogens is 399 g/mol. The molecule has 1 N–H and O–H groups in total. The number of para-hydroxylation sites is 1. The van der Waals surface area contributed by atoms with Gasteiger partial charge in [-0.15, -0.1) is 5.10 Å². The number of nitrogens with one attached hydrogen (secondary N) is 1. The van der Waals surface area contributed by atoms with Gasteiger partial charge in [0.1, 0.15) is 17.0 Å². The molecule has 154 valence electrons. The SMILES string of the molecule is CC(C)n1cc(-c2nc3c4cccc(F)c4nc(Nc4ccccnc4=O)n3n2)cn1. The Morgan fingerprint density at radius 1 is 1.10 bits per heavy atom. The molecule has 0 amide bonds. The Bertz CT molecular complexity index is 1490. The molecule has 5 rings (SSSR count). The molecule has 4 heterocycles. The van der Waals surface area contributed by atoms with E-state index < -0.39 is 11.4 Å². The zero-order valence-corrected chi connectivity index (χ0v) is 16.7. The molecule has 0 spiro atoms. The van der Waals surface area contributed by atoms with Gasteiger partial charge in [0.2, 0.25) is 5.95 Å². The van der Waals surface area contributed by atoms with Gasteiger partial charge in [-0.2, -0.15) is 9.61 Å². The summed E-state index contributed by atoms with van der Waals surface area (Å²) >= 11 is 0. The van der Waals surface area contributed by atoms with Crippen LogP contribution in [0.2, 0.25) is 0 Å². The highest BCUT2D eigenvalue weighted by atomic mass is 19.1. The molecule has 0 unspecified atom stereocenters. The van der Waals surface area contributed by atoms with Crippen molar-refractivity contribution in [2.45, 2.75) is 19.9 Å². The van der Waals surface area contributed by atoms with Gasteiger partial charge in [-0.25, -0.2) is 19.3 Å². The monoisotopic (exact) mass is 416 g/mol. The maximum absolute atomic E-state index is 14.6. The molecule has 0 aliphatic rings. The molecule has 0 saturated heterocycles. The van der Waals surface area contributed by atoms with E-state index >= 15 is 0 Å². The van der Waals surface area contributed by atoms with Gasteiger partial charge in [0.25, 0.3) is 5.56 Å². The minimum atomic E-state index is -0.501. The molecule has 0 atom stereocenters. The summed E-state index contributed by atoms with van der Waals surface area (Å²) in [6, 6.07) is 9.69. The summed E-state index contributed by atoms with van der Waals surface area (Å²) in [6.07, 6.45) is 4.92. The van der Waals surface area contributed by atoms with E-state index in [9.17, 15) is 9.18 Å². The number of nitrogens with zero attached hydrogens (tertiary/aromatic N) is 7. The third-order valence-electron chi connectivity index (χ3n) is 4.77. The molecule has 1 aromatic carbocycles. The third kappa shape index (κ3) is 3.27. The quantitative estimate of drug-likeness (QED) is 0.479. The second kappa shape index (κ2) is 7.24. The minimum absolute atomic E-state index is 0.120. The normalized spacial score (nSPS) is 11.5. The molecule has 0 saturated carbocycles. The van der Waals surface area contributed by atoms with Crippen LogP contribution in [0.3, 0.4) is 0 Å². The maximum Gasteiger partial charge on any atom is 0.293 e. The van der Waals surface area contributed by atoms with Crippen molar-refractivity contribution in [3.8, 4) is 11.4 Å². The minimum Gasteiger partial charge on any atom is -0.319 e. The number of hydrogen-bond acceptors (Lipinski definition) is 7. The number of anilines is 2. The van der Waals surface area contributed by atoms with Crippen molar-refractivity contribution >= 4 is 28.2 Å². The number of benzene rings is 1. The van der Waals surface area contributed by atoms with Crippen molar-refractivity contribution in [1.82, 2.24) is 34.3 Å². The van der Waals surface area contributed by atoms with Crippen LogP contribution < -0.4 is 10.9 Å². The van der Waals surface area contributed by atoms with E-state index in [0.29, 0.717) is 22.4 Å². The zero-order chi connectivity index (χ0) is 21.5. The van der Waals surface area contributed by atoms with Gasteiger partial charge in [-0.1, -0.05) is 12.1 Å². The highest BCUT2D eigenvalue weighted by Crippen LogP contribution is 2.26. The Balaban J connectivity index is 1.75. The molecular formula is C21H17FN8O. The van der Waals surface area contributed by atoms with E-state index in [1.807, 2.05) is 20.0 Å². The predicted molar refractivity (Wildman–Crippen MR) is 114 cm³/mol. The van der Waals surface area contributed by atoms with Crippen molar-refractivity contribution in [1.29, 1.82) is 0 Å². The smallest absolute Gasteiger partial charge is 0.293 e. The van der Waals surface area contributed by atoms with Crippen LogP contribution in [-0.2, 0) is 0 Å². The summed E-state index contributed by atoms with van der Waals surface area (Å²) < 4.78 is 17.8. The summed E-state index contributed by atoms with van der Waals surface area (Å²) in [7, 11) is 0. The highest BCUT2D eigenvalue weighted by Gasteiger charge is 2.18. The molecule has 10 heteroatoms. The lowest BCUT2D eigenvalue weighted by Crippen LogP contribution is -2.12. The first kappa shape index (κ1) is 18.8. The summed E-state index contributed by atoms with van der Waals surface area (Å²) in [5, 5.41) is 12.3. The first-order valence-electron chi connectivity index (χ1n) is 9.63. The first-order valence-corrected chi connectivity index (χ1v) is 9.63. The number of hydrogen-bond donors (Lipinski definition) is 1. The van der Waals surface area contributed by atoms with Gasteiger partial charge in [-0.3, -0.25) is 9.48 Å². The van der Waals surface area contributed by atoms with E-state index in [-0.39, 0.29) is 23.2 Å². The fraction of sp³-hybridized carbons (Fsp3) is 0.143. The Morgan fingerprint density at radius 3 is 2.77 bits per heavy atom. The standard InChI is InChI=1S/C21H17FN8O/c1-12(2)29-11-13(10-24-29)18-27-19-14-6-5-7-15(22)17(14)26-21(30(19)28-18)25-16-8-3-4-9-23-20(16)31/h3-12H,1-2H3,(H,23,25,26,31). The Labute approximate surface area is 175 Å². The lowest BCUT2D eigenvalue weighted by Gasteiger charge is -2.08. The molecule has 31 heavy (non-hydrogen) atoms. The van der Waals surface area contributed by atoms with Crippen LogP contribution in [0.4, 0.5) is 16.0 Å². The van der Waals surface area contributed by atoms with E-state index in [4.69, 9.17) is 0 Å². The van der Waals surface area contributed by atoms with Crippen LogP contribution in [0.25, 0.3) is 27.9 Å². The second-order valence-electron chi connectivity index (χ2n) is 7.22. The van der Waals surface area contributed by atoms with Crippen LogP contribution in [-0.4, -0.2) is 34.3 Å². The summed E-state index contributed by atoms with van der Waals surface area (Å²) in [5.41, 5.74) is 0.937. The van der Waals surface area contributed by atoms with Crippen molar-refractivity contribution in [3.63, 3.8) is 0 Å². The van der Waals surface area contributed by atoms with Gasteiger partial charge < -0.3 is 5.32 Å². The van der Waals surface area contributed by atoms with Crippen molar-refractivity contribution in [2.75, 3.05) is 5.32 Å². The molecule has 0 fully saturated rings. The topological polar surface area (TPSA) is 103 Å². The van der Waals surface area contributed by atoms with Gasteiger partial charge in [0, 0.05) is 23.8 Å². The maximum atomic E-state index is 14.6. The fourth-order valence-corrected chi connectivity index (χ4v) is 3.20. The fourth-order valence-electron chi connectivity index (χ4n) is 3.20. The van der Waals surface area contributed by atoms with Crippen molar-refractivity contribution in [3.05, 3.63) is 71.2 Å². The average molecular weight is 416 g/mol. The van der Waals surface area contributed by atoms with Gasteiger partial charge in [0.05, 0.1) is 11.8 Å². The van der Waals surface area contributed by atoms with Gasteiger partial charge >= 0.3 is 0 Å². The van der Waals surface area contributed by atoms with E-state index in [1.54, 1.807) is 41.2 Å². The molecule has 5 aromatic rings. The van der Waals surface area contributed by atoms with Crippen LogP contribution in [0.5, 0.6) is 0 Å². The Kier molecular flexibility index (Phi) is 4.39. The Morgan fingerprint density at radius 2 is 1.97 bits per heavy atom.